The van der Waals surface area contributed by atoms with Gasteiger partial charge in [-0.2, -0.15) is 0 Å². The van der Waals surface area contributed by atoms with Gasteiger partial charge in [-0.15, -0.1) is 0 Å². The monoisotopic (exact) mass is 329 g/mol. The summed E-state index contributed by atoms with van der Waals surface area (Å²) in [6.45, 7) is 1.94. The summed E-state index contributed by atoms with van der Waals surface area (Å²) in [5, 5.41) is 10.1. The average Bonchev–Trinajstić information content (AvgIpc) is 2.98. The number of hydrogen-bond donors (Lipinski definition) is 1. The molecule has 1 N–H and O–H groups in total. The number of nitrogens with zero attached hydrogens (tertiary/aromatic N) is 1. The molecule has 1 aliphatic carbocycles. The van der Waals surface area contributed by atoms with Crippen LogP contribution < -0.4 is 0 Å². The standard InChI is InChI=1S/C21H15NO3/c1-13-6-2-4-8-15(13)20-22-18(21(24)25-20)12-17-16-9-5-3-7-14(16)10-11-19(17)23/h2-12,24H,1H3/b17-12+. The van der Waals surface area contributed by atoms with E-state index in [0.29, 0.717) is 11.5 Å². The molecule has 0 atom stereocenters. The fourth-order valence-corrected chi connectivity index (χ4v) is 2.91. The largest absolute Gasteiger partial charge is 0.479 e. The molecule has 1 aromatic heterocycles. The number of rotatable bonds is 2. The first-order chi connectivity index (χ1) is 12.1. The molecule has 25 heavy (non-hydrogen) atoms. The molecule has 2 aromatic carbocycles. The number of benzene rings is 2. The minimum Gasteiger partial charge on any atom is -0.479 e. The van der Waals surface area contributed by atoms with Crippen molar-refractivity contribution in [3.63, 3.8) is 0 Å². The molecule has 0 saturated heterocycles. The van der Waals surface area contributed by atoms with E-state index in [1.54, 1.807) is 12.2 Å². The zero-order valence-corrected chi connectivity index (χ0v) is 13.6. The maximum atomic E-state index is 12.3. The van der Waals surface area contributed by atoms with Gasteiger partial charge in [-0.05, 0) is 41.8 Å². The van der Waals surface area contributed by atoms with Crippen LogP contribution in [0.15, 0.2) is 59.0 Å². The summed E-state index contributed by atoms with van der Waals surface area (Å²) in [4.78, 5) is 16.7. The Hall–Kier alpha value is -3.40. The second-order valence-electron chi connectivity index (χ2n) is 5.87. The molecular formula is C21H15NO3. The fourth-order valence-electron chi connectivity index (χ4n) is 2.91. The van der Waals surface area contributed by atoms with Gasteiger partial charge in [0.15, 0.2) is 5.78 Å². The number of aromatic nitrogens is 1. The number of oxazole rings is 1. The molecule has 0 spiro atoms. The summed E-state index contributed by atoms with van der Waals surface area (Å²) in [5.74, 6) is -0.0985. The average molecular weight is 329 g/mol. The van der Waals surface area contributed by atoms with Crippen molar-refractivity contribution >= 4 is 23.5 Å². The summed E-state index contributed by atoms with van der Waals surface area (Å²) in [6.07, 6.45) is 4.88. The minimum absolute atomic E-state index is 0.126. The highest BCUT2D eigenvalue weighted by Crippen LogP contribution is 2.33. The van der Waals surface area contributed by atoms with E-state index in [9.17, 15) is 9.90 Å². The highest BCUT2D eigenvalue weighted by Gasteiger charge is 2.20. The highest BCUT2D eigenvalue weighted by molar-refractivity contribution is 6.33. The molecule has 0 radical (unpaired) electrons. The molecule has 0 saturated carbocycles. The molecule has 0 bridgehead atoms. The van der Waals surface area contributed by atoms with Gasteiger partial charge in [0, 0.05) is 11.1 Å². The van der Waals surface area contributed by atoms with Crippen LogP contribution >= 0.6 is 0 Å². The van der Waals surface area contributed by atoms with Gasteiger partial charge in [0.25, 0.3) is 0 Å². The van der Waals surface area contributed by atoms with Crippen molar-refractivity contribution in [2.45, 2.75) is 6.92 Å². The van der Waals surface area contributed by atoms with Gasteiger partial charge in [0.05, 0.1) is 0 Å². The Bertz CT molecular complexity index is 1040. The maximum Gasteiger partial charge on any atom is 0.310 e. The van der Waals surface area contributed by atoms with Crippen molar-refractivity contribution in [1.82, 2.24) is 4.98 Å². The lowest BCUT2D eigenvalue weighted by Gasteiger charge is -2.12. The van der Waals surface area contributed by atoms with Crippen LogP contribution in [0.1, 0.15) is 22.4 Å². The third-order valence-electron chi connectivity index (χ3n) is 4.22. The lowest BCUT2D eigenvalue weighted by Crippen LogP contribution is -2.04. The Balaban J connectivity index is 1.82. The van der Waals surface area contributed by atoms with E-state index in [2.05, 4.69) is 4.98 Å². The number of allylic oxidation sites excluding steroid dienone is 2. The van der Waals surface area contributed by atoms with Crippen molar-refractivity contribution in [2.24, 2.45) is 0 Å². The van der Waals surface area contributed by atoms with E-state index in [1.165, 1.54) is 6.08 Å². The quantitative estimate of drug-likeness (QED) is 0.704. The lowest BCUT2D eigenvalue weighted by molar-refractivity contribution is -0.109. The van der Waals surface area contributed by atoms with Crippen LogP contribution in [0.2, 0.25) is 0 Å². The Labute approximate surface area is 144 Å². The van der Waals surface area contributed by atoms with Gasteiger partial charge in [-0.1, -0.05) is 48.5 Å². The molecule has 1 aliphatic rings. The number of fused-ring (bicyclic) bond motifs is 1. The molecule has 122 valence electrons. The minimum atomic E-state index is -0.300. The van der Waals surface area contributed by atoms with Crippen molar-refractivity contribution in [2.75, 3.05) is 0 Å². The van der Waals surface area contributed by atoms with Crippen molar-refractivity contribution in [3.05, 3.63) is 77.0 Å². The van der Waals surface area contributed by atoms with Crippen molar-refractivity contribution < 1.29 is 14.3 Å². The predicted octanol–water partition coefficient (Wildman–Crippen LogP) is 4.49. The molecule has 4 heteroatoms. The van der Waals surface area contributed by atoms with Crippen molar-refractivity contribution in [3.8, 4) is 17.4 Å². The number of hydrogen-bond acceptors (Lipinski definition) is 4. The first-order valence-electron chi connectivity index (χ1n) is 7.93. The van der Waals surface area contributed by atoms with Gasteiger partial charge in [0.2, 0.25) is 5.89 Å². The zero-order chi connectivity index (χ0) is 17.4. The number of carbonyl (C=O) groups is 1. The summed E-state index contributed by atoms with van der Waals surface area (Å²) in [5.41, 5.74) is 4.29. The molecule has 4 nitrogen and oxygen atoms in total. The topological polar surface area (TPSA) is 63.3 Å². The number of aromatic hydroxyl groups is 1. The van der Waals surface area contributed by atoms with E-state index < -0.39 is 0 Å². The molecule has 0 fully saturated rings. The van der Waals surface area contributed by atoms with Gasteiger partial charge >= 0.3 is 5.95 Å². The maximum absolute atomic E-state index is 12.3. The Kier molecular flexibility index (Phi) is 3.58. The smallest absolute Gasteiger partial charge is 0.310 e. The van der Waals surface area contributed by atoms with Gasteiger partial charge < -0.3 is 9.52 Å². The highest BCUT2D eigenvalue weighted by atomic mass is 16.5. The second kappa shape index (κ2) is 5.91. The Morgan fingerprint density at radius 2 is 1.72 bits per heavy atom. The van der Waals surface area contributed by atoms with Gasteiger partial charge in [-0.3, -0.25) is 4.79 Å². The first kappa shape index (κ1) is 15.1. The zero-order valence-electron chi connectivity index (χ0n) is 13.6. The molecule has 3 aromatic rings. The van der Waals surface area contributed by atoms with E-state index >= 15 is 0 Å². The summed E-state index contributed by atoms with van der Waals surface area (Å²) in [6, 6.07) is 15.2. The number of carbonyl (C=O) groups excluding carboxylic acids is 1. The molecule has 0 unspecified atom stereocenters. The van der Waals surface area contributed by atoms with E-state index in [1.807, 2.05) is 55.5 Å². The normalized spacial score (nSPS) is 14.8. The van der Waals surface area contributed by atoms with Crippen LogP contribution in [0.4, 0.5) is 0 Å². The molecule has 4 rings (SSSR count). The molecule has 1 heterocycles. The second-order valence-corrected chi connectivity index (χ2v) is 5.87. The Morgan fingerprint density at radius 1 is 1.00 bits per heavy atom. The third kappa shape index (κ3) is 2.68. The van der Waals surface area contributed by atoms with Crippen LogP contribution in [0.5, 0.6) is 5.95 Å². The van der Waals surface area contributed by atoms with E-state index in [4.69, 9.17) is 4.42 Å². The fraction of sp³-hybridized carbons (Fsp3) is 0.0476. The summed E-state index contributed by atoms with van der Waals surface area (Å²) >= 11 is 0. The van der Waals surface area contributed by atoms with Crippen LogP contribution in [0, 0.1) is 6.92 Å². The van der Waals surface area contributed by atoms with E-state index in [0.717, 1.165) is 22.3 Å². The number of aryl methyl sites for hydroxylation is 1. The van der Waals surface area contributed by atoms with E-state index in [-0.39, 0.29) is 17.4 Å². The van der Waals surface area contributed by atoms with Crippen LogP contribution in [0.25, 0.3) is 29.2 Å². The SMILES string of the molecule is Cc1ccccc1-c1nc(/C=C2/C(=O)C=Cc3ccccc32)c(O)o1. The summed E-state index contributed by atoms with van der Waals surface area (Å²) in [7, 11) is 0. The Morgan fingerprint density at radius 3 is 2.52 bits per heavy atom. The first-order valence-corrected chi connectivity index (χ1v) is 7.93. The number of ketones is 1. The van der Waals surface area contributed by atoms with Crippen LogP contribution in [-0.4, -0.2) is 15.9 Å². The predicted molar refractivity (Wildman–Crippen MR) is 96.7 cm³/mol. The molecule has 0 aliphatic heterocycles. The summed E-state index contributed by atoms with van der Waals surface area (Å²) < 4.78 is 5.42. The van der Waals surface area contributed by atoms with Gasteiger partial charge in [-0.25, -0.2) is 4.98 Å². The van der Waals surface area contributed by atoms with Crippen LogP contribution in [-0.2, 0) is 4.79 Å². The van der Waals surface area contributed by atoms with Crippen molar-refractivity contribution in [1.29, 1.82) is 0 Å². The molecule has 0 amide bonds. The lowest BCUT2D eigenvalue weighted by atomic mass is 9.91. The van der Waals surface area contributed by atoms with Crippen LogP contribution in [0.3, 0.4) is 0 Å². The third-order valence-corrected chi connectivity index (χ3v) is 4.22. The molecular weight excluding hydrogens is 314 g/mol. The van der Waals surface area contributed by atoms with Gasteiger partial charge in [0.1, 0.15) is 5.69 Å².